The van der Waals surface area contributed by atoms with Crippen molar-refractivity contribution < 1.29 is 0 Å². The molecule has 0 spiro atoms. The zero-order chi connectivity index (χ0) is 21.0. The normalized spacial score (nSPS) is 23.5. The lowest BCUT2D eigenvalue weighted by Gasteiger charge is -2.40. The predicted molar refractivity (Wildman–Crippen MR) is 127 cm³/mol. The molecule has 0 amide bonds. The second-order valence-electron chi connectivity index (χ2n) is 7.78. The van der Waals surface area contributed by atoms with Gasteiger partial charge in [0.15, 0.2) is 0 Å². The third kappa shape index (κ3) is 4.58. The first-order valence-corrected chi connectivity index (χ1v) is 10.9. The molecule has 4 nitrogen and oxygen atoms in total. The van der Waals surface area contributed by atoms with E-state index in [4.69, 9.17) is 11.6 Å². The van der Waals surface area contributed by atoms with Gasteiger partial charge in [0.25, 0.3) is 0 Å². The minimum atomic E-state index is -0.0268. The molecule has 2 heterocycles. The number of halogens is 1. The Morgan fingerprint density at radius 2 is 1.16 bits per heavy atom. The van der Waals surface area contributed by atoms with Gasteiger partial charge in [-0.2, -0.15) is 0 Å². The fourth-order valence-electron chi connectivity index (χ4n) is 4.09. The van der Waals surface area contributed by atoms with Gasteiger partial charge in [0, 0.05) is 6.54 Å². The van der Waals surface area contributed by atoms with Crippen LogP contribution in [-0.2, 0) is 0 Å². The number of hydrogen-bond donors (Lipinski definition) is 4. The topological polar surface area (TPSA) is 48.1 Å². The first-order valence-electron chi connectivity index (χ1n) is 10.6. The fraction of sp³-hybridized carbons (Fsp3) is 0.154. The van der Waals surface area contributed by atoms with Crippen LogP contribution in [0.5, 0.6) is 0 Å². The number of hydrogen-bond acceptors (Lipinski definition) is 4. The van der Waals surface area contributed by atoms with Crippen LogP contribution < -0.4 is 21.3 Å². The van der Waals surface area contributed by atoms with Gasteiger partial charge in [0.1, 0.15) is 5.16 Å². The van der Waals surface area contributed by atoms with Crippen LogP contribution in [0.1, 0.15) is 23.5 Å². The van der Waals surface area contributed by atoms with E-state index in [1.54, 1.807) is 0 Å². The van der Waals surface area contributed by atoms with Crippen molar-refractivity contribution in [3.63, 3.8) is 0 Å². The van der Waals surface area contributed by atoms with E-state index in [1.165, 1.54) is 22.3 Å². The smallest absolute Gasteiger partial charge is 0.102 e. The van der Waals surface area contributed by atoms with E-state index in [2.05, 4.69) is 100 Å². The van der Waals surface area contributed by atoms with Gasteiger partial charge >= 0.3 is 0 Å². The molecular weight excluding hydrogens is 404 g/mol. The minimum Gasteiger partial charge on any atom is -0.372 e. The van der Waals surface area contributed by atoms with Crippen molar-refractivity contribution in [1.82, 2.24) is 21.3 Å². The second-order valence-corrected chi connectivity index (χ2v) is 8.18. The zero-order valence-electron chi connectivity index (χ0n) is 17.1. The summed E-state index contributed by atoms with van der Waals surface area (Å²) in [6.07, 6.45) is 4.12. The maximum absolute atomic E-state index is 6.25. The quantitative estimate of drug-likeness (QED) is 0.452. The molecule has 3 aromatic rings. The molecule has 1 saturated heterocycles. The molecule has 4 N–H and O–H groups in total. The van der Waals surface area contributed by atoms with Gasteiger partial charge in [-0.25, -0.2) is 0 Å². The lowest BCUT2D eigenvalue weighted by atomic mass is 10.0. The van der Waals surface area contributed by atoms with Crippen LogP contribution in [0.4, 0.5) is 0 Å². The molecule has 0 aromatic heterocycles. The van der Waals surface area contributed by atoms with Crippen LogP contribution in [0.25, 0.3) is 11.1 Å². The molecule has 5 heteroatoms. The van der Waals surface area contributed by atoms with Crippen LogP contribution in [0, 0.1) is 0 Å². The SMILES string of the molecule is ClC1=CC(C2NC(c3ccccc3)NC(c3ccc(-c4ccccc4)cc3)N2)=CCN1. The van der Waals surface area contributed by atoms with Crippen LogP contribution in [0.15, 0.2) is 108 Å². The lowest BCUT2D eigenvalue weighted by molar-refractivity contribution is 0.224. The summed E-state index contributed by atoms with van der Waals surface area (Å²) in [5.74, 6) is 0. The first-order chi connectivity index (χ1) is 15.3. The highest BCUT2D eigenvalue weighted by Gasteiger charge is 2.30. The van der Waals surface area contributed by atoms with E-state index < -0.39 is 0 Å². The van der Waals surface area contributed by atoms with Crippen LogP contribution >= 0.6 is 11.6 Å². The van der Waals surface area contributed by atoms with Gasteiger partial charge in [-0.05, 0) is 33.9 Å². The van der Waals surface area contributed by atoms with Crippen molar-refractivity contribution >= 4 is 11.6 Å². The number of benzene rings is 3. The monoisotopic (exact) mass is 428 g/mol. The standard InChI is InChI=1S/C26H25ClN4/c27-23-17-22(15-16-28-23)26-30-24(20-9-5-2-6-10-20)29-25(31-26)21-13-11-19(12-14-21)18-7-3-1-4-8-18/h1-15,17,24-26,28-31H,16H2. The van der Waals surface area contributed by atoms with E-state index in [1.807, 2.05) is 18.2 Å². The number of rotatable bonds is 4. The molecule has 0 aliphatic carbocycles. The van der Waals surface area contributed by atoms with Crippen LogP contribution in [0.3, 0.4) is 0 Å². The molecule has 3 atom stereocenters. The van der Waals surface area contributed by atoms with Gasteiger partial charge in [-0.15, -0.1) is 0 Å². The van der Waals surface area contributed by atoms with Crippen molar-refractivity contribution in [2.75, 3.05) is 6.54 Å². The highest BCUT2D eigenvalue weighted by atomic mass is 35.5. The Bertz CT molecular complexity index is 1080. The number of nitrogens with one attached hydrogen (secondary N) is 4. The van der Waals surface area contributed by atoms with Gasteiger partial charge in [-0.1, -0.05) is 103 Å². The first kappa shape index (κ1) is 20.0. The highest BCUT2D eigenvalue weighted by molar-refractivity contribution is 6.29. The highest BCUT2D eigenvalue weighted by Crippen LogP contribution is 2.27. The largest absolute Gasteiger partial charge is 0.372 e. The molecule has 2 aliphatic heterocycles. The fourth-order valence-corrected chi connectivity index (χ4v) is 4.29. The van der Waals surface area contributed by atoms with Gasteiger partial charge in [0.05, 0.1) is 18.5 Å². The Labute approximate surface area is 188 Å². The van der Waals surface area contributed by atoms with Gasteiger partial charge in [0.2, 0.25) is 0 Å². The van der Waals surface area contributed by atoms with Crippen molar-refractivity contribution in [2.24, 2.45) is 0 Å². The van der Waals surface area contributed by atoms with E-state index in [0.717, 1.165) is 12.1 Å². The van der Waals surface area contributed by atoms with Crippen molar-refractivity contribution in [2.45, 2.75) is 18.5 Å². The summed E-state index contributed by atoms with van der Waals surface area (Å²) in [7, 11) is 0. The Balaban J connectivity index is 1.43. The average Bonchev–Trinajstić information content (AvgIpc) is 2.85. The Morgan fingerprint density at radius 3 is 1.81 bits per heavy atom. The maximum atomic E-state index is 6.25. The van der Waals surface area contributed by atoms with Gasteiger partial charge in [-0.3, -0.25) is 16.0 Å². The molecule has 0 bridgehead atoms. The average molecular weight is 429 g/mol. The summed E-state index contributed by atoms with van der Waals surface area (Å²) in [6, 6.07) is 29.7. The molecule has 3 aromatic carbocycles. The molecule has 31 heavy (non-hydrogen) atoms. The third-order valence-electron chi connectivity index (χ3n) is 5.72. The summed E-state index contributed by atoms with van der Waals surface area (Å²) in [4.78, 5) is 0. The molecule has 5 rings (SSSR count). The molecule has 156 valence electrons. The minimum absolute atomic E-state index is 0.00853. The van der Waals surface area contributed by atoms with E-state index in [9.17, 15) is 0 Å². The van der Waals surface area contributed by atoms with Crippen LogP contribution in [0.2, 0.25) is 0 Å². The van der Waals surface area contributed by atoms with Crippen molar-refractivity contribution in [3.8, 4) is 11.1 Å². The number of dihydropyridines is 1. The zero-order valence-corrected chi connectivity index (χ0v) is 17.8. The Kier molecular flexibility index (Phi) is 5.87. The molecule has 0 radical (unpaired) electrons. The summed E-state index contributed by atoms with van der Waals surface area (Å²) in [6.45, 7) is 0.727. The summed E-state index contributed by atoms with van der Waals surface area (Å²) >= 11 is 6.25. The van der Waals surface area contributed by atoms with Crippen LogP contribution in [-0.4, -0.2) is 12.7 Å². The molecular formula is C26H25ClN4. The lowest BCUT2D eigenvalue weighted by Crippen LogP contribution is -2.59. The van der Waals surface area contributed by atoms with E-state index in [0.29, 0.717) is 5.16 Å². The van der Waals surface area contributed by atoms with Crippen molar-refractivity contribution in [1.29, 1.82) is 0 Å². The van der Waals surface area contributed by atoms with E-state index in [-0.39, 0.29) is 18.5 Å². The predicted octanol–water partition coefficient (Wildman–Crippen LogP) is 4.77. The Hall–Kier alpha value is -2.89. The molecule has 3 unspecified atom stereocenters. The van der Waals surface area contributed by atoms with Gasteiger partial charge < -0.3 is 5.32 Å². The molecule has 0 saturated carbocycles. The Morgan fingerprint density at radius 1 is 0.613 bits per heavy atom. The summed E-state index contributed by atoms with van der Waals surface area (Å²) < 4.78 is 0. The second kappa shape index (κ2) is 9.08. The maximum Gasteiger partial charge on any atom is 0.102 e. The molecule has 1 fully saturated rings. The third-order valence-corrected chi connectivity index (χ3v) is 5.96. The summed E-state index contributed by atoms with van der Waals surface area (Å²) in [5, 5.41) is 14.9. The van der Waals surface area contributed by atoms with Crippen molar-refractivity contribution in [3.05, 3.63) is 119 Å². The summed E-state index contributed by atoms with van der Waals surface area (Å²) in [5.41, 5.74) is 5.96. The van der Waals surface area contributed by atoms with E-state index >= 15 is 0 Å². The molecule has 2 aliphatic rings.